The van der Waals surface area contributed by atoms with Crippen LogP contribution < -0.4 is 14.8 Å². The molecule has 0 bridgehead atoms. The minimum atomic E-state index is -0.454. The molecule has 1 N–H and O–H groups in total. The van der Waals surface area contributed by atoms with Crippen LogP contribution in [0.3, 0.4) is 0 Å². The van der Waals surface area contributed by atoms with E-state index in [-0.39, 0.29) is 18.0 Å². The lowest BCUT2D eigenvalue weighted by Gasteiger charge is -2.09. The van der Waals surface area contributed by atoms with Gasteiger partial charge >= 0.3 is 0 Å². The lowest BCUT2D eigenvalue weighted by Crippen LogP contribution is -2.14. The van der Waals surface area contributed by atoms with Gasteiger partial charge in [-0.25, -0.2) is 4.98 Å². The maximum atomic E-state index is 12.3. The van der Waals surface area contributed by atoms with Gasteiger partial charge in [0.15, 0.2) is 16.6 Å². The van der Waals surface area contributed by atoms with Crippen molar-refractivity contribution in [2.45, 2.75) is 6.42 Å². The summed E-state index contributed by atoms with van der Waals surface area (Å²) in [5.41, 5.74) is 2.17. The standard InChI is InChI=1S/C19H17N3O5S/c1-26-16-8-3-12(9-17(16)27-2)10-18(23)21-19-20-15(11-28-19)13-4-6-14(7-5-13)22(24)25/h3-9,11H,10H2,1-2H3,(H,20,21,23). The van der Waals surface area contributed by atoms with Gasteiger partial charge in [-0.1, -0.05) is 6.07 Å². The monoisotopic (exact) mass is 399 g/mol. The largest absolute Gasteiger partial charge is 0.493 e. The van der Waals surface area contributed by atoms with Gasteiger partial charge in [0.1, 0.15) is 0 Å². The quantitative estimate of drug-likeness (QED) is 0.477. The predicted molar refractivity (Wildman–Crippen MR) is 106 cm³/mol. The molecule has 0 aliphatic rings. The van der Waals surface area contributed by atoms with Crippen molar-refractivity contribution in [1.82, 2.24) is 4.98 Å². The third-order valence-corrected chi connectivity index (χ3v) is 4.69. The molecule has 0 saturated heterocycles. The Kier molecular flexibility index (Phi) is 5.85. The summed E-state index contributed by atoms with van der Waals surface area (Å²) >= 11 is 1.29. The molecule has 1 heterocycles. The third-order valence-electron chi connectivity index (χ3n) is 3.94. The van der Waals surface area contributed by atoms with Crippen molar-refractivity contribution in [2.24, 2.45) is 0 Å². The fourth-order valence-corrected chi connectivity index (χ4v) is 3.29. The first-order valence-electron chi connectivity index (χ1n) is 8.21. The summed E-state index contributed by atoms with van der Waals surface area (Å²) in [7, 11) is 3.09. The minimum Gasteiger partial charge on any atom is -0.493 e. The second-order valence-electron chi connectivity index (χ2n) is 5.76. The Morgan fingerprint density at radius 2 is 1.86 bits per heavy atom. The molecule has 0 aliphatic carbocycles. The van der Waals surface area contributed by atoms with E-state index in [1.54, 1.807) is 42.8 Å². The first-order valence-corrected chi connectivity index (χ1v) is 9.09. The molecule has 3 aromatic rings. The number of amides is 1. The van der Waals surface area contributed by atoms with Crippen molar-refractivity contribution < 1.29 is 19.2 Å². The number of hydrogen-bond acceptors (Lipinski definition) is 7. The van der Waals surface area contributed by atoms with Crippen molar-refractivity contribution in [2.75, 3.05) is 19.5 Å². The lowest BCUT2D eigenvalue weighted by atomic mass is 10.1. The van der Waals surface area contributed by atoms with E-state index in [4.69, 9.17) is 9.47 Å². The van der Waals surface area contributed by atoms with Crippen molar-refractivity contribution in [3.63, 3.8) is 0 Å². The van der Waals surface area contributed by atoms with E-state index in [0.29, 0.717) is 22.3 Å². The molecule has 28 heavy (non-hydrogen) atoms. The van der Waals surface area contributed by atoms with Gasteiger partial charge in [0, 0.05) is 23.1 Å². The molecule has 0 unspecified atom stereocenters. The van der Waals surface area contributed by atoms with Crippen molar-refractivity contribution in [1.29, 1.82) is 0 Å². The molecular formula is C19H17N3O5S. The Morgan fingerprint density at radius 3 is 2.50 bits per heavy atom. The molecule has 0 saturated carbocycles. The smallest absolute Gasteiger partial charge is 0.269 e. The molecule has 0 aliphatic heterocycles. The van der Waals surface area contributed by atoms with Crippen LogP contribution in [0.15, 0.2) is 47.8 Å². The number of methoxy groups -OCH3 is 2. The summed E-state index contributed by atoms with van der Waals surface area (Å²) in [6.07, 6.45) is 0.160. The average molecular weight is 399 g/mol. The van der Waals surface area contributed by atoms with Crippen molar-refractivity contribution in [3.05, 3.63) is 63.5 Å². The number of nitrogens with one attached hydrogen (secondary N) is 1. The van der Waals surface area contributed by atoms with Gasteiger partial charge in [0.25, 0.3) is 5.69 Å². The van der Waals surface area contributed by atoms with E-state index in [2.05, 4.69) is 10.3 Å². The van der Waals surface area contributed by atoms with E-state index in [0.717, 1.165) is 11.1 Å². The molecule has 9 heteroatoms. The molecule has 2 aromatic carbocycles. The maximum Gasteiger partial charge on any atom is 0.269 e. The number of anilines is 1. The van der Waals surface area contributed by atoms with Crippen LogP contribution in [0.1, 0.15) is 5.56 Å². The number of aromatic nitrogens is 1. The van der Waals surface area contributed by atoms with E-state index in [9.17, 15) is 14.9 Å². The van der Waals surface area contributed by atoms with Crippen molar-refractivity contribution >= 4 is 28.1 Å². The van der Waals surface area contributed by atoms with Crippen LogP contribution in [0.4, 0.5) is 10.8 Å². The molecule has 1 aromatic heterocycles. The van der Waals surface area contributed by atoms with Crippen LogP contribution in [-0.4, -0.2) is 30.0 Å². The number of nitro groups is 1. The molecule has 3 rings (SSSR count). The summed E-state index contributed by atoms with van der Waals surface area (Å²) in [6.45, 7) is 0. The van der Waals surface area contributed by atoms with Gasteiger partial charge in [-0.15, -0.1) is 11.3 Å². The highest BCUT2D eigenvalue weighted by atomic mass is 32.1. The number of carbonyl (C=O) groups is 1. The van der Waals surface area contributed by atoms with Crippen LogP contribution >= 0.6 is 11.3 Å². The highest BCUT2D eigenvalue weighted by Gasteiger charge is 2.12. The Morgan fingerprint density at radius 1 is 1.14 bits per heavy atom. The fraction of sp³-hybridized carbons (Fsp3) is 0.158. The summed E-state index contributed by atoms with van der Waals surface area (Å²) in [5, 5.41) is 15.7. The molecule has 0 radical (unpaired) electrons. The second-order valence-corrected chi connectivity index (χ2v) is 6.61. The van der Waals surface area contributed by atoms with Crippen LogP contribution in [0, 0.1) is 10.1 Å². The molecule has 8 nitrogen and oxygen atoms in total. The van der Waals surface area contributed by atoms with Gasteiger partial charge in [0.05, 0.1) is 31.3 Å². The number of rotatable bonds is 7. The summed E-state index contributed by atoms with van der Waals surface area (Å²) in [6, 6.07) is 11.4. The van der Waals surface area contributed by atoms with Gasteiger partial charge in [0.2, 0.25) is 5.91 Å². The topological polar surface area (TPSA) is 104 Å². The summed E-state index contributed by atoms with van der Waals surface area (Å²) < 4.78 is 10.4. The highest BCUT2D eigenvalue weighted by molar-refractivity contribution is 7.14. The maximum absolute atomic E-state index is 12.3. The van der Waals surface area contributed by atoms with Crippen LogP contribution in [0.25, 0.3) is 11.3 Å². The summed E-state index contributed by atoms with van der Waals surface area (Å²) in [5.74, 6) is 0.943. The number of non-ortho nitro benzene ring substituents is 1. The van der Waals surface area contributed by atoms with Crippen LogP contribution in [0.2, 0.25) is 0 Å². The number of carbonyl (C=O) groups excluding carboxylic acids is 1. The predicted octanol–water partition coefficient (Wildman–Crippen LogP) is 3.92. The molecule has 0 spiro atoms. The van der Waals surface area contributed by atoms with Crippen LogP contribution in [0.5, 0.6) is 11.5 Å². The van der Waals surface area contributed by atoms with E-state index in [1.165, 1.54) is 30.6 Å². The minimum absolute atomic E-state index is 0.0161. The second kappa shape index (κ2) is 8.49. The SMILES string of the molecule is COc1ccc(CC(=O)Nc2nc(-c3ccc([N+](=O)[O-])cc3)cs2)cc1OC. The zero-order valence-electron chi connectivity index (χ0n) is 15.2. The number of ether oxygens (including phenoxy) is 2. The summed E-state index contributed by atoms with van der Waals surface area (Å²) in [4.78, 5) is 27.0. The number of nitro benzene ring substituents is 1. The lowest BCUT2D eigenvalue weighted by molar-refractivity contribution is -0.384. The van der Waals surface area contributed by atoms with Gasteiger partial charge in [-0.2, -0.15) is 0 Å². The number of nitrogens with zero attached hydrogens (tertiary/aromatic N) is 2. The molecule has 0 atom stereocenters. The first kappa shape index (κ1) is 19.3. The Labute approximate surface area is 164 Å². The number of hydrogen-bond donors (Lipinski definition) is 1. The number of thiazole rings is 1. The normalized spacial score (nSPS) is 10.4. The van der Waals surface area contributed by atoms with Gasteiger partial charge in [-0.3, -0.25) is 14.9 Å². The molecule has 0 fully saturated rings. The fourth-order valence-electron chi connectivity index (χ4n) is 2.56. The molecular weight excluding hydrogens is 382 g/mol. The average Bonchev–Trinajstić information content (AvgIpc) is 3.16. The van der Waals surface area contributed by atoms with E-state index in [1.807, 2.05) is 0 Å². The highest BCUT2D eigenvalue weighted by Crippen LogP contribution is 2.29. The third kappa shape index (κ3) is 4.44. The van der Waals surface area contributed by atoms with Gasteiger partial charge < -0.3 is 14.8 Å². The Hall–Kier alpha value is -3.46. The Balaban J connectivity index is 1.66. The molecule has 144 valence electrons. The Bertz CT molecular complexity index is 1000. The van der Waals surface area contributed by atoms with Crippen LogP contribution in [-0.2, 0) is 11.2 Å². The van der Waals surface area contributed by atoms with Gasteiger partial charge in [-0.05, 0) is 29.8 Å². The van der Waals surface area contributed by atoms with Crippen molar-refractivity contribution in [3.8, 4) is 22.8 Å². The zero-order chi connectivity index (χ0) is 20.1. The van der Waals surface area contributed by atoms with E-state index < -0.39 is 4.92 Å². The first-order chi connectivity index (χ1) is 13.5. The molecule has 1 amide bonds. The van der Waals surface area contributed by atoms with E-state index >= 15 is 0 Å². The zero-order valence-corrected chi connectivity index (χ0v) is 16.0. The number of benzene rings is 2.